The molecule has 0 bridgehead atoms. The first-order valence-corrected chi connectivity index (χ1v) is 8.27. The van der Waals surface area contributed by atoms with Crippen LogP contribution in [0.3, 0.4) is 0 Å². The Labute approximate surface area is 155 Å². The highest BCUT2D eigenvalue weighted by atomic mass is 35.5. The minimum atomic E-state index is -0.247. The Bertz CT molecular complexity index is 658. The summed E-state index contributed by atoms with van der Waals surface area (Å²) in [6.45, 7) is 7.67. The molecule has 6 nitrogen and oxygen atoms in total. The zero-order valence-electron chi connectivity index (χ0n) is 14.9. The number of para-hydroxylation sites is 1. The molecule has 1 heterocycles. The van der Waals surface area contributed by atoms with Crippen LogP contribution >= 0.6 is 12.4 Å². The van der Waals surface area contributed by atoms with Gasteiger partial charge in [-0.1, -0.05) is 39.0 Å². The van der Waals surface area contributed by atoms with Crippen molar-refractivity contribution in [2.75, 3.05) is 19.7 Å². The number of nitrogens with one attached hydrogen (secondary N) is 1. The number of halogens is 1. The van der Waals surface area contributed by atoms with Crippen molar-refractivity contribution in [1.29, 1.82) is 0 Å². The largest absolute Gasteiger partial charge is 0.489 e. The molecule has 2 aromatic rings. The zero-order valence-corrected chi connectivity index (χ0v) is 15.8. The number of carbonyl (C=O) groups is 1. The van der Waals surface area contributed by atoms with Crippen molar-refractivity contribution in [1.82, 2.24) is 15.1 Å². The molecule has 1 unspecified atom stereocenters. The fourth-order valence-electron chi connectivity index (χ4n) is 2.02. The van der Waals surface area contributed by atoms with Crippen LogP contribution in [0.4, 0.5) is 0 Å². The van der Waals surface area contributed by atoms with E-state index in [1.54, 1.807) is 10.9 Å². The molecule has 1 amide bonds. The molecule has 3 N–H and O–H groups in total. The van der Waals surface area contributed by atoms with E-state index >= 15 is 0 Å². The average molecular weight is 367 g/mol. The lowest BCUT2D eigenvalue weighted by molar-refractivity contribution is 0.0938. The smallest absolute Gasteiger partial charge is 0.275 e. The van der Waals surface area contributed by atoms with E-state index in [0.29, 0.717) is 37.1 Å². The first-order chi connectivity index (χ1) is 11.5. The summed E-state index contributed by atoms with van der Waals surface area (Å²) >= 11 is 0. The average Bonchev–Trinajstić information content (AvgIpc) is 3.02. The molecule has 1 atom stereocenters. The summed E-state index contributed by atoms with van der Waals surface area (Å²) in [5.41, 5.74) is 6.76. The second-order valence-corrected chi connectivity index (χ2v) is 6.38. The van der Waals surface area contributed by atoms with E-state index in [1.807, 2.05) is 37.3 Å². The van der Waals surface area contributed by atoms with Crippen molar-refractivity contribution in [2.24, 2.45) is 17.6 Å². The van der Waals surface area contributed by atoms with Crippen molar-refractivity contribution in [2.45, 2.75) is 20.8 Å². The quantitative estimate of drug-likeness (QED) is 0.752. The number of hydrogen-bond donors (Lipinski definition) is 2. The van der Waals surface area contributed by atoms with Gasteiger partial charge in [-0.3, -0.25) is 4.79 Å². The lowest BCUT2D eigenvalue weighted by Gasteiger charge is -2.10. The van der Waals surface area contributed by atoms with Gasteiger partial charge in [-0.05, 0) is 30.5 Å². The van der Waals surface area contributed by atoms with Crippen molar-refractivity contribution >= 4 is 18.3 Å². The molecule has 0 aliphatic rings. The molecule has 0 saturated heterocycles. The molecule has 25 heavy (non-hydrogen) atoms. The van der Waals surface area contributed by atoms with Gasteiger partial charge in [0.25, 0.3) is 5.91 Å². The number of benzene rings is 1. The fourth-order valence-corrected chi connectivity index (χ4v) is 2.02. The molecule has 138 valence electrons. The first kappa shape index (κ1) is 21.0. The number of aromatic nitrogens is 2. The first-order valence-electron chi connectivity index (χ1n) is 8.27. The fraction of sp³-hybridized carbons (Fsp3) is 0.444. The van der Waals surface area contributed by atoms with Gasteiger partial charge >= 0.3 is 0 Å². The molecule has 0 aliphatic carbocycles. The molecule has 7 heteroatoms. The van der Waals surface area contributed by atoms with Crippen LogP contribution in [-0.2, 0) is 0 Å². The minimum absolute atomic E-state index is 0. The second-order valence-electron chi connectivity index (χ2n) is 6.38. The number of amides is 1. The maximum Gasteiger partial charge on any atom is 0.275 e. The number of hydrogen-bond acceptors (Lipinski definition) is 4. The Hall–Kier alpha value is -2.05. The van der Waals surface area contributed by atoms with Crippen LogP contribution in [0, 0.1) is 11.8 Å². The van der Waals surface area contributed by atoms with Gasteiger partial charge in [0.2, 0.25) is 0 Å². The van der Waals surface area contributed by atoms with Crippen molar-refractivity contribution in [3.8, 4) is 11.4 Å². The topological polar surface area (TPSA) is 82.2 Å². The Balaban J connectivity index is 0.00000312. The number of carbonyl (C=O) groups excluding carboxylic acids is 1. The van der Waals surface area contributed by atoms with Crippen LogP contribution < -0.4 is 15.8 Å². The molecular formula is C18H27ClN4O2. The van der Waals surface area contributed by atoms with Crippen LogP contribution in [0.25, 0.3) is 5.69 Å². The summed E-state index contributed by atoms with van der Waals surface area (Å²) in [4.78, 5) is 12.5. The number of nitrogens with two attached hydrogens (primary N) is 1. The summed E-state index contributed by atoms with van der Waals surface area (Å²) in [5, 5.41) is 7.28. The Kier molecular flexibility index (Phi) is 8.45. The predicted octanol–water partition coefficient (Wildman–Crippen LogP) is 2.65. The van der Waals surface area contributed by atoms with Gasteiger partial charge in [-0.2, -0.15) is 5.10 Å². The summed E-state index contributed by atoms with van der Waals surface area (Å²) in [5.74, 6) is 0.817. The molecule has 1 aromatic carbocycles. The third kappa shape index (κ3) is 6.07. The van der Waals surface area contributed by atoms with Gasteiger partial charge in [0, 0.05) is 6.54 Å². The highest BCUT2D eigenvalue weighted by molar-refractivity contribution is 5.94. The van der Waals surface area contributed by atoms with Gasteiger partial charge < -0.3 is 15.8 Å². The van der Waals surface area contributed by atoms with Gasteiger partial charge in [0.15, 0.2) is 11.4 Å². The molecule has 2 rings (SSSR count). The third-order valence-electron chi connectivity index (χ3n) is 3.50. The summed E-state index contributed by atoms with van der Waals surface area (Å²) in [7, 11) is 0. The van der Waals surface area contributed by atoms with Crippen LogP contribution in [0.2, 0.25) is 0 Å². The SMILES string of the molecule is CC(C)COc1cn(-c2ccccc2)nc1C(=O)NCC(C)CN.Cl. The third-order valence-corrected chi connectivity index (χ3v) is 3.50. The van der Waals surface area contributed by atoms with E-state index in [2.05, 4.69) is 24.3 Å². The lowest BCUT2D eigenvalue weighted by Crippen LogP contribution is -2.31. The summed E-state index contributed by atoms with van der Waals surface area (Å²) in [6, 6.07) is 9.64. The molecule has 0 fully saturated rings. The van der Waals surface area contributed by atoms with Crippen LogP contribution in [0.5, 0.6) is 5.75 Å². The predicted molar refractivity (Wildman–Crippen MR) is 102 cm³/mol. The zero-order chi connectivity index (χ0) is 17.5. The molecule has 0 spiro atoms. The van der Waals surface area contributed by atoms with Crippen molar-refractivity contribution < 1.29 is 9.53 Å². The van der Waals surface area contributed by atoms with E-state index < -0.39 is 0 Å². The molecular weight excluding hydrogens is 340 g/mol. The van der Waals surface area contributed by atoms with Crippen LogP contribution in [0.1, 0.15) is 31.3 Å². The Morgan fingerprint density at radius 1 is 1.28 bits per heavy atom. The second kappa shape index (κ2) is 10.1. The minimum Gasteiger partial charge on any atom is -0.489 e. The van der Waals surface area contributed by atoms with Gasteiger partial charge in [-0.25, -0.2) is 4.68 Å². The van der Waals surface area contributed by atoms with Crippen LogP contribution in [-0.4, -0.2) is 35.4 Å². The Morgan fingerprint density at radius 2 is 1.96 bits per heavy atom. The molecule has 0 radical (unpaired) electrons. The summed E-state index contributed by atoms with van der Waals surface area (Å²) in [6.07, 6.45) is 1.75. The monoisotopic (exact) mass is 366 g/mol. The number of rotatable bonds is 8. The van der Waals surface area contributed by atoms with Gasteiger partial charge in [-0.15, -0.1) is 12.4 Å². The maximum absolute atomic E-state index is 12.5. The highest BCUT2D eigenvalue weighted by Crippen LogP contribution is 2.20. The van der Waals surface area contributed by atoms with Crippen molar-refractivity contribution in [3.05, 3.63) is 42.2 Å². The van der Waals surface area contributed by atoms with E-state index in [0.717, 1.165) is 5.69 Å². The van der Waals surface area contributed by atoms with E-state index in [4.69, 9.17) is 10.5 Å². The van der Waals surface area contributed by atoms with E-state index in [1.165, 1.54) is 0 Å². The van der Waals surface area contributed by atoms with E-state index in [9.17, 15) is 4.79 Å². The van der Waals surface area contributed by atoms with Crippen LogP contribution in [0.15, 0.2) is 36.5 Å². The Morgan fingerprint density at radius 3 is 2.56 bits per heavy atom. The van der Waals surface area contributed by atoms with Crippen molar-refractivity contribution in [3.63, 3.8) is 0 Å². The summed E-state index contributed by atoms with van der Waals surface area (Å²) < 4.78 is 7.45. The maximum atomic E-state index is 12.5. The van der Waals surface area contributed by atoms with Gasteiger partial charge in [0.05, 0.1) is 18.5 Å². The molecule has 0 saturated carbocycles. The van der Waals surface area contributed by atoms with Gasteiger partial charge in [0.1, 0.15) is 0 Å². The normalized spacial score (nSPS) is 11.7. The van der Waals surface area contributed by atoms with E-state index in [-0.39, 0.29) is 24.2 Å². The number of ether oxygens (including phenoxy) is 1. The highest BCUT2D eigenvalue weighted by Gasteiger charge is 2.19. The molecule has 0 aliphatic heterocycles. The lowest BCUT2D eigenvalue weighted by atomic mass is 10.2. The number of nitrogens with zero attached hydrogens (tertiary/aromatic N) is 2. The molecule has 1 aromatic heterocycles. The standard InChI is InChI=1S/C18H26N4O2.ClH/c1-13(2)12-24-16-11-22(15-7-5-4-6-8-15)21-17(16)18(23)20-10-14(3)9-19;/h4-8,11,13-14H,9-10,12,19H2,1-3H3,(H,20,23);1H.